The Morgan fingerprint density at radius 3 is 2.88 bits per heavy atom. The Hall–Kier alpha value is -1.34. The lowest BCUT2D eigenvalue weighted by molar-refractivity contribution is 0.605. The van der Waals surface area contributed by atoms with Crippen LogP contribution in [0.2, 0.25) is 5.02 Å². The maximum atomic E-state index is 11.2. The van der Waals surface area contributed by atoms with Crippen molar-refractivity contribution in [2.45, 2.75) is 6.04 Å². The molecule has 1 aromatic rings. The number of sulfone groups is 1. The average molecular weight is 261 g/mol. The van der Waals surface area contributed by atoms with Crippen molar-refractivity contribution in [3.05, 3.63) is 22.8 Å². The highest BCUT2D eigenvalue weighted by Gasteiger charge is 2.22. The topological polar surface area (TPSA) is 98.0 Å². The van der Waals surface area contributed by atoms with E-state index >= 15 is 0 Å². The number of hydrogen-bond acceptors (Lipinski definition) is 6. The number of halogens is 1. The number of nitrogens with zero attached hydrogens (tertiary/aromatic N) is 2. The number of rotatable bonds is 2. The Balaban J connectivity index is 2.17. The van der Waals surface area contributed by atoms with Crippen LogP contribution in [0.3, 0.4) is 0 Å². The molecule has 3 N–H and O–H groups in total. The minimum atomic E-state index is -3.10. The normalized spacial score (nSPS) is 22.2. The van der Waals surface area contributed by atoms with E-state index in [9.17, 15) is 8.42 Å². The third-order valence-corrected chi connectivity index (χ3v) is 3.84. The van der Waals surface area contributed by atoms with Crippen LogP contribution in [0.25, 0.3) is 0 Å². The molecule has 1 aromatic heterocycles. The first-order valence-corrected chi connectivity index (χ1v) is 6.51. The molecule has 0 aliphatic carbocycles. The number of hydrogen-bond donors (Lipinski definition) is 2. The van der Waals surface area contributed by atoms with Gasteiger partial charge in [0.05, 0.1) is 11.8 Å². The van der Waals surface area contributed by atoms with Crippen molar-refractivity contribution in [2.75, 3.05) is 16.8 Å². The molecule has 2 rings (SSSR count). The van der Waals surface area contributed by atoms with Crippen molar-refractivity contribution in [3.8, 4) is 0 Å². The predicted molar refractivity (Wildman–Crippen MR) is 61.8 cm³/mol. The minimum absolute atomic E-state index is 0.00671. The van der Waals surface area contributed by atoms with E-state index < -0.39 is 9.84 Å². The molecule has 0 bridgehead atoms. The molecule has 0 saturated carbocycles. The van der Waals surface area contributed by atoms with Crippen LogP contribution in [-0.2, 0) is 9.84 Å². The first kappa shape index (κ1) is 11.2. The van der Waals surface area contributed by atoms with E-state index in [0.29, 0.717) is 5.82 Å². The molecule has 16 heavy (non-hydrogen) atoms. The standard InChI is InChI=1S/C8H9ClN4O2S/c9-6-7(10)11-4-12-8(6)13-5-1-2-16(14,15)3-5/h1-2,4-5H,3H2,(H3,10,11,12,13). The maximum absolute atomic E-state index is 11.2. The van der Waals surface area contributed by atoms with E-state index in [1.807, 2.05) is 0 Å². The highest BCUT2D eigenvalue weighted by atomic mass is 35.5. The van der Waals surface area contributed by atoms with E-state index in [-0.39, 0.29) is 22.6 Å². The van der Waals surface area contributed by atoms with Gasteiger partial charge in [0.2, 0.25) is 0 Å². The fourth-order valence-corrected chi connectivity index (χ4v) is 2.71. The van der Waals surface area contributed by atoms with Gasteiger partial charge in [-0.15, -0.1) is 0 Å². The average Bonchev–Trinajstić information content (AvgIpc) is 2.53. The fraction of sp³-hybridized carbons (Fsp3) is 0.250. The zero-order valence-corrected chi connectivity index (χ0v) is 9.66. The molecule has 0 amide bonds. The molecule has 6 nitrogen and oxygen atoms in total. The lowest BCUT2D eigenvalue weighted by atomic mass is 10.3. The van der Waals surface area contributed by atoms with Gasteiger partial charge < -0.3 is 11.1 Å². The highest BCUT2D eigenvalue weighted by molar-refractivity contribution is 7.94. The van der Waals surface area contributed by atoms with Gasteiger partial charge in [0.15, 0.2) is 15.7 Å². The Labute approximate surface area is 97.5 Å². The largest absolute Gasteiger partial charge is 0.382 e. The van der Waals surface area contributed by atoms with Gasteiger partial charge in [-0.25, -0.2) is 18.4 Å². The molecule has 2 heterocycles. The second-order valence-corrected chi connectivity index (χ2v) is 5.64. The molecular weight excluding hydrogens is 252 g/mol. The van der Waals surface area contributed by atoms with Crippen LogP contribution in [0.4, 0.5) is 11.6 Å². The van der Waals surface area contributed by atoms with Crippen LogP contribution in [0.15, 0.2) is 17.8 Å². The van der Waals surface area contributed by atoms with Crippen LogP contribution in [0.5, 0.6) is 0 Å². The quantitative estimate of drug-likeness (QED) is 0.800. The van der Waals surface area contributed by atoms with E-state index in [0.717, 1.165) is 0 Å². The van der Waals surface area contributed by atoms with E-state index in [1.165, 1.54) is 11.7 Å². The Morgan fingerprint density at radius 1 is 1.50 bits per heavy atom. The van der Waals surface area contributed by atoms with Crippen LogP contribution in [-0.4, -0.2) is 30.2 Å². The van der Waals surface area contributed by atoms with Crippen LogP contribution in [0, 0.1) is 0 Å². The number of nitrogens with two attached hydrogens (primary N) is 1. The first-order chi connectivity index (χ1) is 7.48. The van der Waals surface area contributed by atoms with E-state index in [4.69, 9.17) is 17.3 Å². The lowest BCUT2D eigenvalue weighted by Crippen LogP contribution is -2.22. The van der Waals surface area contributed by atoms with Gasteiger partial charge in [-0.2, -0.15) is 0 Å². The fourth-order valence-electron chi connectivity index (χ4n) is 1.33. The minimum Gasteiger partial charge on any atom is -0.382 e. The monoisotopic (exact) mass is 260 g/mol. The summed E-state index contributed by atoms with van der Waals surface area (Å²) < 4.78 is 22.3. The first-order valence-electron chi connectivity index (χ1n) is 4.41. The van der Waals surface area contributed by atoms with Crippen molar-refractivity contribution < 1.29 is 8.42 Å². The summed E-state index contributed by atoms with van der Waals surface area (Å²) in [7, 11) is -3.10. The summed E-state index contributed by atoms with van der Waals surface area (Å²) in [6.07, 6.45) is 2.81. The van der Waals surface area contributed by atoms with E-state index in [1.54, 1.807) is 6.08 Å². The van der Waals surface area contributed by atoms with Gasteiger partial charge in [-0.3, -0.25) is 0 Å². The summed E-state index contributed by atoms with van der Waals surface area (Å²) in [6.45, 7) is 0. The van der Waals surface area contributed by atoms with Gasteiger partial charge in [0.1, 0.15) is 17.2 Å². The summed E-state index contributed by atoms with van der Waals surface area (Å²) in [5, 5.41) is 4.24. The van der Waals surface area contributed by atoms with Crippen molar-refractivity contribution in [1.29, 1.82) is 0 Å². The van der Waals surface area contributed by atoms with Gasteiger partial charge in [0.25, 0.3) is 0 Å². The molecule has 1 unspecified atom stereocenters. The summed E-state index contributed by atoms with van der Waals surface area (Å²) in [5.74, 6) is 0.484. The molecule has 0 fully saturated rings. The summed E-state index contributed by atoms with van der Waals surface area (Å²) >= 11 is 5.86. The third-order valence-electron chi connectivity index (χ3n) is 2.07. The molecule has 0 aromatic carbocycles. The smallest absolute Gasteiger partial charge is 0.173 e. The third kappa shape index (κ3) is 2.25. The molecular formula is C8H9ClN4O2S. The zero-order valence-electron chi connectivity index (χ0n) is 8.09. The Morgan fingerprint density at radius 2 is 2.25 bits per heavy atom. The molecule has 1 aliphatic rings. The van der Waals surface area contributed by atoms with Crippen molar-refractivity contribution in [1.82, 2.24) is 9.97 Å². The molecule has 86 valence electrons. The molecule has 0 radical (unpaired) electrons. The number of nitrogens with one attached hydrogen (secondary N) is 1. The van der Waals surface area contributed by atoms with Crippen molar-refractivity contribution >= 4 is 33.1 Å². The number of anilines is 2. The zero-order chi connectivity index (χ0) is 11.8. The van der Waals surface area contributed by atoms with Gasteiger partial charge >= 0.3 is 0 Å². The summed E-state index contributed by atoms with van der Waals surface area (Å²) in [6, 6.07) is -0.336. The van der Waals surface area contributed by atoms with Crippen molar-refractivity contribution in [2.24, 2.45) is 0 Å². The second-order valence-electron chi connectivity index (χ2n) is 3.33. The molecule has 8 heteroatoms. The Kier molecular flexibility index (Phi) is 2.73. The van der Waals surface area contributed by atoms with Crippen LogP contribution < -0.4 is 11.1 Å². The SMILES string of the molecule is Nc1ncnc(NC2C=CS(=O)(=O)C2)c1Cl. The number of nitrogen functional groups attached to an aromatic ring is 1. The van der Waals surface area contributed by atoms with Gasteiger partial charge in [-0.1, -0.05) is 11.6 Å². The highest BCUT2D eigenvalue weighted by Crippen LogP contribution is 2.25. The van der Waals surface area contributed by atoms with E-state index in [2.05, 4.69) is 15.3 Å². The maximum Gasteiger partial charge on any atom is 0.173 e. The number of aromatic nitrogens is 2. The molecule has 0 spiro atoms. The lowest BCUT2D eigenvalue weighted by Gasteiger charge is -2.11. The van der Waals surface area contributed by atoms with Gasteiger partial charge in [0, 0.05) is 5.41 Å². The molecule has 1 aliphatic heterocycles. The predicted octanol–water partition coefficient (Wildman–Crippen LogP) is 0.435. The molecule has 1 atom stereocenters. The van der Waals surface area contributed by atoms with Gasteiger partial charge in [-0.05, 0) is 6.08 Å². The van der Waals surface area contributed by atoms with Crippen LogP contribution >= 0.6 is 11.6 Å². The summed E-state index contributed by atoms with van der Waals surface area (Å²) in [4.78, 5) is 7.59. The van der Waals surface area contributed by atoms with Crippen molar-refractivity contribution in [3.63, 3.8) is 0 Å². The molecule has 0 saturated heterocycles. The van der Waals surface area contributed by atoms with Crippen LogP contribution in [0.1, 0.15) is 0 Å². The Bertz CT molecular complexity index is 543. The summed E-state index contributed by atoms with van der Waals surface area (Å²) in [5.41, 5.74) is 5.49. The second kappa shape index (κ2) is 3.91.